The molecule has 0 saturated heterocycles. The van der Waals surface area contributed by atoms with Gasteiger partial charge in [0.25, 0.3) is 0 Å². The van der Waals surface area contributed by atoms with Gasteiger partial charge in [-0.3, -0.25) is 0 Å². The first kappa shape index (κ1) is 20.8. The monoisotopic (exact) mass is 423 g/mol. The molecule has 0 bridgehead atoms. The largest absolute Gasteiger partial charge is 0.444 e. The van der Waals surface area contributed by atoms with E-state index in [0.717, 1.165) is 22.2 Å². The zero-order valence-corrected chi connectivity index (χ0v) is 18.1. The van der Waals surface area contributed by atoms with Crippen LogP contribution in [0, 0.1) is 5.82 Å². The molecule has 0 fully saturated rings. The van der Waals surface area contributed by atoms with Crippen molar-refractivity contribution in [2.45, 2.75) is 32.8 Å². The maximum absolute atomic E-state index is 14.8. The molecule has 2 aromatic heterocycles. The van der Waals surface area contributed by atoms with E-state index in [-0.39, 0.29) is 11.9 Å². The number of amides is 1. The normalized spacial score (nSPS) is 14.5. The van der Waals surface area contributed by atoms with Crippen molar-refractivity contribution < 1.29 is 13.9 Å². The van der Waals surface area contributed by atoms with Gasteiger partial charge in [-0.15, -0.1) is 0 Å². The highest BCUT2D eigenvalue weighted by Crippen LogP contribution is 2.28. The molecular formula is C23H26FN5O2. The van der Waals surface area contributed by atoms with Crippen molar-refractivity contribution in [1.29, 1.82) is 0 Å². The van der Waals surface area contributed by atoms with Gasteiger partial charge in [-0.05, 0) is 50.5 Å². The zero-order chi connectivity index (χ0) is 22.2. The summed E-state index contributed by atoms with van der Waals surface area (Å²) in [7, 11) is 1.90. The lowest BCUT2D eigenvalue weighted by atomic mass is 9.99. The molecule has 0 unspecified atom stereocenters. The van der Waals surface area contributed by atoms with Gasteiger partial charge in [0.05, 0.1) is 23.7 Å². The van der Waals surface area contributed by atoms with E-state index in [1.807, 2.05) is 50.6 Å². The minimum absolute atomic E-state index is 0.327. The fraction of sp³-hybridized carbons (Fsp3) is 0.348. The third-order valence-electron chi connectivity index (χ3n) is 5.08. The molecule has 4 rings (SSSR count). The van der Waals surface area contributed by atoms with E-state index in [4.69, 9.17) is 4.74 Å². The van der Waals surface area contributed by atoms with Gasteiger partial charge in [-0.25, -0.2) is 19.2 Å². The second kappa shape index (κ2) is 8.02. The van der Waals surface area contributed by atoms with Gasteiger partial charge < -0.3 is 19.5 Å². The number of aromatic nitrogens is 3. The predicted octanol–water partition coefficient (Wildman–Crippen LogP) is 4.88. The molecule has 1 N–H and O–H groups in total. The van der Waals surface area contributed by atoms with Crippen LogP contribution < -0.4 is 5.32 Å². The number of halogens is 1. The number of anilines is 2. The summed E-state index contributed by atoms with van der Waals surface area (Å²) in [5, 5.41) is 3.04. The molecule has 1 aliphatic heterocycles. The summed E-state index contributed by atoms with van der Waals surface area (Å²) in [6.45, 7) is 6.52. The molecule has 0 saturated carbocycles. The molecule has 3 aromatic rings. The summed E-state index contributed by atoms with van der Waals surface area (Å²) in [4.78, 5) is 22.4. The average molecular weight is 423 g/mol. The number of carbonyl (C=O) groups is 1. The van der Waals surface area contributed by atoms with Crippen molar-refractivity contribution in [2.24, 2.45) is 7.05 Å². The quantitative estimate of drug-likeness (QED) is 0.650. The molecule has 1 aliphatic rings. The van der Waals surface area contributed by atoms with Crippen LogP contribution >= 0.6 is 0 Å². The number of nitrogens with zero attached hydrogens (tertiary/aromatic N) is 4. The van der Waals surface area contributed by atoms with Crippen LogP contribution in [-0.2, 0) is 11.8 Å². The van der Waals surface area contributed by atoms with Crippen molar-refractivity contribution in [3.8, 4) is 0 Å². The standard InChI is InChI=1S/C23H26FN5O2/c1-23(2,3)31-22(30)29-9-7-15(8-10-29)16-5-6-18(17(24)11-16)27-21-12-20-19(13-25-21)26-14-28(20)4/h5-7,11-14H,8-10H2,1-4H3,(H,25,27). The molecule has 0 radical (unpaired) electrons. The summed E-state index contributed by atoms with van der Waals surface area (Å²) < 4.78 is 22.1. The smallest absolute Gasteiger partial charge is 0.410 e. The Bertz CT molecular complexity index is 1160. The Balaban J connectivity index is 1.46. The van der Waals surface area contributed by atoms with Crippen LogP contribution in [0.15, 0.2) is 42.9 Å². The topological polar surface area (TPSA) is 72.3 Å². The van der Waals surface area contributed by atoms with Crippen molar-refractivity contribution in [3.63, 3.8) is 0 Å². The lowest BCUT2D eigenvalue weighted by Gasteiger charge is -2.29. The van der Waals surface area contributed by atoms with Crippen LogP contribution in [0.2, 0.25) is 0 Å². The van der Waals surface area contributed by atoms with Gasteiger partial charge in [0.1, 0.15) is 22.8 Å². The number of benzene rings is 1. The average Bonchev–Trinajstić information content (AvgIpc) is 3.09. The van der Waals surface area contributed by atoms with Gasteiger partial charge in [0.2, 0.25) is 0 Å². The van der Waals surface area contributed by atoms with Gasteiger partial charge in [0, 0.05) is 26.2 Å². The lowest BCUT2D eigenvalue weighted by molar-refractivity contribution is 0.0270. The fourth-order valence-corrected chi connectivity index (χ4v) is 3.48. The number of aryl methyl sites for hydroxylation is 1. The Kier molecular flexibility index (Phi) is 5.39. The van der Waals surface area contributed by atoms with E-state index < -0.39 is 5.60 Å². The van der Waals surface area contributed by atoms with Crippen LogP contribution in [0.1, 0.15) is 32.8 Å². The second-order valence-electron chi connectivity index (χ2n) is 8.64. The molecule has 3 heterocycles. The van der Waals surface area contributed by atoms with Crippen molar-refractivity contribution in [1.82, 2.24) is 19.4 Å². The third kappa shape index (κ3) is 4.68. The molecule has 0 spiro atoms. The summed E-state index contributed by atoms with van der Waals surface area (Å²) in [6.07, 6.45) is 5.64. The first-order valence-corrected chi connectivity index (χ1v) is 10.2. The molecule has 1 amide bonds. The van der Waals surface area contributed by atoms with E-state index in [1.54, 1.807) is 23.5 Å². The van der Waals surface area contributed by atoms with Crippen molar-refractivity contribution >= 4 is 34.2 Å². The van der Waals surface area contributed by atoms with Gasteiger partial charge in [-0.1, -0.05) is 12.1 Å². The van der Waals surface area contributed by atoms with Crippen molar-refractivity contribution in [2.75, 3.05) is 18.4 Å². The second-order valence-corrected chi connectivity index (χ2v) is 8.64. The summed E-state index contributed by atoms with van der Waals surface area (Å²) in [5.41, 5.74) is 3.35. The number of carbonyl (C=O) groups excluding carboxylic acids is 1. The Morgan fingerprint density at radius 1 is 1.23 bits per heavy atom. The van der Waals surface area contributed by atoms with Gasteiger partial charge in [0.15, 0.2) is 0 Å². The van der Waals surface area contributed by atoms with E-state index in [0.29, 0.717) is 31.0 Å². The highest BCUT2D eigenvalue weighted by Gasteiger charge is 2.24. The number of imidazole rings is 1. The maximum Gasteiger partial charge on any atom is 0.410 e. The fourth-order valence-electron chi connectivity index (χ4n) is 3.48. The van der Waals surface area contributed by atoms with E-state index >= 15 is 0 Å². The van der Waals surface area contributed by atoms with Crippen LogP contribution in [0.5, 0.6) is 0 Å². The summed E-state index contributed by atoms with van der Waals surface area (Å²) in [5.74, 6) is 0.188. The number of fused-ring (bicyclic) bond motifs is 1. The highest BCUT2D eigenvalue weighted by molar-refractivity contribution is 5.79. The minimum Gasteiger partial charge on any atom is -0.444 e. The van der Waals surface area contributed by atoms with Crippen LogP contribution in [-0.4, -0.2) is 44.2 Å². The Morgan fingerprint density at radius 2 is 2.03 bits per heavy atom. The first-order chi connectivity index (χ1) is 14.7. The molecule has 0 atom stereocenters. The molecule has 0 aliphatic carbocycles. The zero-order valence-electron chi connectivity index (χ0n) is 18.1. The number of ether oxygens (including phenoxy) is 1. The minimum atomic E-state index is -0.525. The van der Waals surface area contributed by atoms with Crippen molar-refractivity contribution in [3.05, 3.63) is 54.2 Å². The number of rotatable bonds is 3. The molecule has 1 aromatic carbocycles. The lowest BCUT2D eigenvalue weighted by Crippen LogP contribution is -2.39. The Morgan fingerprint density at radius 3 is 2.71 bits per heavy atom. The van der Waals surface area contributed by atoms with E-state index in [2.05, 4.69) is 15.3 Å². The van der Waals surface area contributed by atoms with Gasteiger partial charge in [-0.2, -0.15) is 0 Å². The highest BCUT2D eigenvalue weighted by atomic mass is 19.1. The number of hydrogen-bond donors (Lipinski definition) is 1. The summed E-state index contributed by atoms with van der Waals surface area (Å²) >= 11 is 0. The van der Waals surface area contributed by atoms with Crippen LogP contribution in [0.3, 0.4) is 0 Å². The van der Waals surface area contributed by atoms with Gasteiger partial charge >= 0.3 is 6.09 Å². The van der Waals surface area contributed by atoms with E-state index in [1.165, 1.54) is 6.07 Å². The predicted molar refractivity (Wildman–Crippen MR) is 119 cm³/mol. The Labute approximate surface area is 180 Å². The molecule has 7 nitrogen and oxygen atoms in total. The molecule has 31 heavy (non-hydrogen) atoms. The van der Waals surface area contributed by atoms with E-state index in [9.17, 15) is 9.18 Å². The number of hydrogen-bond acceptors (Lipinski definition) is 5. The SMILES string of the molecule is Cn1cnc2cnc(Nc3ccc(C4=CCN(C(=O)OC(C)(C)C)CC4)cc3F)cc21. The van der Waals surface area contributed by atoms with Crippen LogP contribution in [0.25, 0.3) is 16.6 Å². The molecule has 162 valence electrons. The summed E-state index contributed by atoms with van der Waals surface area (Å²) in [6, 6.07) is 6.94. The number of pyridine rings is 1. The molecule has 8 heteroatoms. The van der Waals surface area contributed by atoms with Crippen LogP contribution in [0.4, 0.5) is 20.7 Å². The Hall–Kier alpha value is -3.42. The maximum atomic E-state index is 14.8. The molecular weight excluding hydrogens is 397 g/mol. The number of nitrogens with one attached hydrogen (secondary N) is 1. The first-order valence-electron chi connectivity index (χ1n) is 10.2. The third-order valence-corrected chi connectivity index (χ3v) is 5.08.